The summed E-state index contributed by atoms with van der Waals surface area (Å²) in [5.74, 6) is 0. The molecule has 0 aromatic heterocycles. The van der Waals surface area contributed by atoms with E-state index in [2.05, 4.69) is 5.32 Å². The molecule has 1 saturated heterocycles. The summed E-state index contributed by atoms with van der Waals surface area (Å²) < 4.78 is 42.7. The number of ether oxygens (including phenoxy) is 1. The van der Waals surface area contributed by atoms with Crippen molar-refractivity contribution in [1.82, 2.24) is 0 Å². The van der Waals surface area contributed by atoms with Gasteiger partial charge in [0.15, 0.2) is 0 Å². The first kappa shape index (κ1) is 12.2. The van der Waals surface area contributed by atoms with Crippen LogP contribution >= 0.6 is 0 Å². The predicted molar refractivity (Wildman–Crippen MR) is 58.9 cm³/mol. The standard InChI is InChI=1S/C12H14F3NO/c13-12(14,15)9-3-1-4-10(7-9)16-11-5-2-6-17-8-11/h1,3-4,7,11,16H,2,5-6,8H2. The van der Waals surface area contributed by atoms with Gasteiger partial charge in [0, 0.05) is 18.3 Å². The molecule has 5 heteroatoms. The average Bonchev–Trinajstić information content (AvgIpc) is 2.29. The van der Waals surface area contributed by atoms with Crippen LogP contribution in [0.5, 0.6) is 0 Å². The van der Waals surface area contributed by atoms with E-state index in [1.807, 2.05) is 0 Å². The van der Waals surface area contributed by atoms with Gasteiger partial charge in [-0.3, -0.25) is 0 Å². The molecule has 1 aliphatic rings. The smallest absolute Gasteiger partial charge is 0.380 e. The highest BCUT2D eigenvalue weighted by atomic mass is 19.4. The monoisotopic (exact) mass is 245 g/mol. The highest BCUT2D eigenvalue weighted by Gasteiger charge is 2.30. The normalized spacial score (nSPS) is 21.2. The van der Waals surface area contributed by atoms with Crippen LogP contribution in [0.25, 0.3) is 0 Å². The minimum Gasteiger partial charge on any atom is -0.380 e. The van der Waals surface area contributed by atoms with Gasteiger partial charge >= 0.3 is 6.18 Å². The molecule has 0 amide bonds. The Labute approximate surface area is 97.8 Å². The molecule has 0 aliphatic carbocycles. The maximum absolute atomic E-state index is 12.5. The minimum absolute atomic E-state index is 0.104. The number of anilines is 1. The molecule has 1 aromatic carbocycles. The number of halogens is 3. The van der Waals surface area contributed by atoms with Crippen LogP contribution in [0.3, 0.4) is 0 Å². The van der Waals surface area contributed by atoms with Crippen molar-refractivity contribution in [2.45, 2.75) is 25.1 Å². The lowest BCUT2D eigenvalue weighted by Gasteiger charge is -2.24. The Balaban J connectivity index is 2.05. The van der Waals surface area contributed by atoms with Gasteiger partial charge in [0.25, 0.3) is 0 Å². The molecule has 1 N–H and O–H groups in total. The van der Waals surface area contributed by atoms with Gasteiger partial charge in [-0.2, -0.15) is 13.2 Å². The van der Waals surface area contributed by atoms with Crippen LogP contribution in [0.2, 0.25) is 0 Å². The highest BCUT2D eigenvalue weighted by Crippen LogP contribution is 2.31. The molecule has 0 saturated carbocycles. The van der Waals surface area contributed by atoms with E-state index in [1.54, 1.807) is 6.07 Å². The number of benzene rings is 1. The summed E-state index contributed by atoms with van der Waals surface area (Å²) in [4.78, 5) is 0. The molecule has 94 valence electrons. The van der Waals surface area contributed by atoms with Crippen molar-refractivity contribution in [3.63, 3.8) is 0 Å². The van der Waals surface area contributed by atoms with Gasteiger partial charge in [0.1, 0.15) is 0 Å². The third-order valence-corrected chi connectivity index (χ3v) is 2.72. The highest BCUT2D eigenvalue weighted by molar-refractivity contribution is 5.47. The Morgan fingerprint density at radius 3 is 2.76 bits per heavy atom. The van der Waals surface area contributed by atoms with Crippen LogP contribution in [-0.4, -0.2) is 19.3 Å². The van der Waals surface area contributed by atoms with Crippen molar-refractivity contribution >= 4 is 5.69 Å². The van der Waals surface area contributed by atoms with Crippen LogP contribution in [0.4, 0.5) is 18.9 Å². The SMILES string of the molecule is FC(F)(F)c1cccc(NC2CCCOC2)c1. The third-order valence-electron chi connectivity index (χ3n) is 2.72. The van der Waals surface area contributed by atoms with Gasteiger partial charge in [-0.05, 0) is 31.0 Å². The molecule has 2 nitrogen and oxygen atoms in total. The van der Waals surface area contributed by atoms with Crippen LogP contribution < -0.4 is 5.32 Å². The second-order valence-electron chi connectivity index (χ2n) is 4.14. The second kappa shape index (κ2) is 4.96. The first-order valence-corrected chi connectivity index (χ1v) is 5.57. The summed E-state index contributed by atoms with van der Waals surface area (Å²) in [6.45, 7) is 1.29. The Bertz CT molecular complexity index is 372. The van der Waals surface area contributed by atoms with E-state index in [-0.39, 0.29) is 6.04 Å². The van der Waals surface area contributed by atoms with Gasteiger partial charge in [-0.15, -0.1) is 0 Å². The quantitative estimate of drug-likeness (QED) is 0.863. The number of alkyl halides is 3. The van der Waals surface area contributed by atoms with E-state index in [0.29, 0.717) is 12.3 Å². The van der Waals surface area contributed by atoms with Crippen molar-refractivity contribution < 1.29 is 17.9 Å². The van der Waals surface area contributed by atoms with Gasteiger partial charge in [-0.1, -0.05) is 6.07 Å². The maximum Gasteiger partial charge on any atom is 0.416 e. The summed E-state index contributed by atoms with van der Waals surface area (Å²) in [6, 6.07) is 5.36. The van der Waals surface area contributed by atoms with E-state index in [0.717, 1.165) is 31.6 Å². The minimum atomic E-state index is -4.29. The molecular weight excluding hydrogens is 231 g/mol. The molecule has 1 aromatic rings. The number of hydrogen-bond acceptors (Lipinski definition) is 2. The number of nitrogens with one attached hydrogen (secondary N) is 1. The first-order chi connectivity index (χ1) is 8.05. The Morgan fingerprint density at radius 1 is 1.29 bits per heavy atom. The fraction of sp³-hybridized carbons (Fsp3) is 0.500. The van der Waals surface area contributed by atoms with Gasteiger partial charge < -0.3 is 10.1 Å². The van der Waals surface area contributed by atoms with Crippen LogP contribution in [0.1, 0.15) is 18.4 Å². The Hall–Kier alpha value is -1.23. The van der Waals surface area contributed by atoms with Gasteiger partial charge in [0.2, 0.25) is 0 Å². The lowest BCUT2D eigenvalue weighted by molar-refractivity contribution is -0.137. The maximum atomic E-state index is 12.5. The van der Waals surface area contributed by atoms with Crippen molar-refractivity contribution in [2.24, 2.45) is 0 Å². The molecule has 1 aliphatic heterocycles. The molecule has 17 heavy (non-hydrogen) atoms. The molecule has 0 radical (unpaired) electrons. The summed E-state index contributed by atoms with van der Waals surface area (Å²) in [7, 11) is 0. The molecule has 1 heterocycles. The zero-order valence-corrected chi connectivity index (χ0v) is 9.26. The number of rotatable bonds is 2. The van der Waals surface area contributed by atoms with Crippen molar-refractivity contribution in [3.05, 3.63) is 29.8 Å². The zero-order chi connectivity index (χ0) is 12.3. The van der Waals surface area contributed by atoms with E-state index in [9.17, 15) is 13.2 Å². The molecule has 0 spiro atoms. The third kappa shape index (κ3) is 3.36. The van der Waals surface area contributed by atoms with E-state index in [4.69, 9.17) is 4.74 Å². The first-order valence-electron chi connectivity index (χ1n) is 5.57. The lowest BCUT2D eigenvalue weighted by atomic mass is 10.1. The van der Waals surface area contributed by atoms with Crippen molar-refractivity contribution in [3.8, 4) is 0 Å². The predicted octanol–water partition coefficient (Wildman–Crippen LogP) is 3.30. The second-order valence-corrected chi connectivity index (χ2v) is 4.14. The summed E-state index contributed by atoms with van der Waals surface area (Å²) >= 11 is 0. The molecule has 1 fully saturated rings. The largest absolute Gasteiger partial charge is 0.416 e. The zero-order valence-electron chi connectivity index (χ0n) is 9.26. The molecule has 2 rings (SSSR count). The van der Waals surface area contributed by atoms with Crippen LogP contribution in [0.15, 0.2) is 24.3 Å². The van der Waals surface area contributed by atoms with Gasteiger partial charge in [0.05, 0.1) is 12.2 Å². The van der Waals surface area contributed by atoms with Crippen molar-refractivity contribution in [1.29, 1.82) is 0 Å². The Morgan fingerprint density at radius 2 is 2.12 bits per heavy atom. The topological polar surface area (TPSA) is 21.3 Å². The van der Waals surface area contributed by atoms with Crippen LogP contribution in [0, 0.1) is 0 Å². The summed E-state index contributed by atoms with van der Waals surface area (Å²) in [6.07, 6.45) is -2.42. The van der Waals surface area contributed by atoms with E-state index in [1.165, 1.54) is 6.07 Å². The summed E-state index contributed by atoms with van der Waals surface area (Å²) in [5, 5.41) is 3.07. The van der Waals surface area contributed by atoms with E-state index < -0.39 is 11.7 Å². The average molecular weight is 245 g/mol. The molecule has 0 bridgehead atoms. The molecule has 1 atom stereocenters. The van der Waals surface area contributed by atoms with Crippen LogP contribution in [-0.2, 0) is 10.9 Å². The molecule has 1 unspecified atom stereocenters. The molecular formula is C12H14F3NO. The summed E-state index contributed by atoms with van der Waals surface area (Å²) in [5.41, 5.74) is -0.130. The number of hydrogen-bond donors (Lipinski definition) is 1. The fourth-order valence-electron chi connectivity index (χ4n) is 1.88. The van der Waals surface area contributed by atoms with Gasteiger partial charge in [-0.25, -0.2) is 0 Å². The Kier molecular flexibility index (Phi) is 3.57. The van der Waals surface area contributed by atoms with E-state index >= 15 is 0 Å². The lowest BCUT2D eigenvalue weighted by Crippen LogP contribution is -2.30. The fourth-order valence-corrected chi connectivity index (χ4v) is 1.88. The van der Waals surface area contributed by atoms with Crippen molar-refractivity contribution in [2.75, 3.05) is 18.5 Å².